The highest BCUT2D eigenvalue weighted by Gasteiger charge is 2.11. The Bertz CT molecular complexity index is 593. The Morgan fingerprint density at radius 3 is 2.33 bits per heavy atom. The van der Waals surface area contributed by atoms with Crippen molar-refractivity contribution in [1.29, 1.82) is 0 Å². The van der Waals surface area contributed by atoms with Crippen LogP contribution in [0.3, 0.4) is 0 Å². The third-order valence-electron chi connectivity index (χ3n) is 3.15. The molecule has 0 unspecified atom stereocenters. The second-order valence-corrected chi connectivity index (χ2v) is 5.14. The SMILES string of the molecule is CCOc1ccc([C@H](C)NC(=O)c2ccc(Cl)cc2)cc1. The van der Waals surface area contributed by atoms with Gasteiger partial charge in [-0.25, -0.2) is 0 Å². The molecule has 0 radical (unpaired) electrons. The first-order chi connectivity index (χ1) is 10.1. The van der Waals surface area contributed by atoms with Gasteiger partial charge in [0.2, 0.25) is 0 Å². The van der Waals surface area contributed by atoms with Gasteiger partial charge < -0.3 is 10.1 Å². The van der Waals surface area contributed by atoms with Gasteiger partial charge in [-0.2, -0.15) is 0 Å². The summed E-state index contributed by atoms with van der Waals surface area (Å²) in [4.78, 5) is 12.1. The van der Waals surface area contributed by atoms with Crippen molar-refractivity contribution >= 4 is 17.5 Å². The van der Waals surface area contributed by atoms with Crippen LogP contribution in [0.4, 0.5) is 0 Å². The number of nitrogens with one attached hydrogen (secondary N) is 1. The predicted molar refractivity (Wildman–Crippen MR) is 84.9 cm³/mol. The molecule has 0 aliphatic carbocycles. The molecule has 0 spiro atoms. The number of rotatable bonds is 5. The molecule has 0 fully saturated rings. The summed E-state index contributed by atoms with van der Waals surface area (Å²) in [5.74, 6) is 0.713. The number of amides is 1. The largest absolute Gasteiger partial charge is 0.494 e. The molecule has 0 saturated carbocycles. The van der Waals surface area contributed by atoms with Crippen molar-refractivity contribution in [1.82, 2.24) is 5.32 Å². The van der Waals surface area contributed by atoms with E-state index in [0.29, 0.717) is 17.2 Å². The summed E-state index contributed by atoms with van der Waals surface area (Å²) in [6.45, 7) is 4.54. The van der Waals surface area contributed by atoms with Gasteiger partial charge in [-0.15, -0.1) is 0 Å². The van der Waals surface area contributed by atoms with Crippen LogP contribution in [0.1, 0.15) is 35.8 Å². The molecule has 0 aliphatic rings. The Kier molecular flexibility index (Phi) is 5.23. The number of carbonyl (C=O) groups is 1. The van der Waals surface area contributed by atoms with Crippen LogP contribution in [-0.4, -0.2) is 12.5 Å². The van der Waals surface area contributed by atoms with Gasteiger partial charge in [0, 0.05) is 10.6 Å². The highest BCUT2D eigenvalue weighted by molar-refractivity contribution is 6.30. The van der Waals surface area contributed by atoms with Crippen LogP contribution in [-0.2, 0) is 0 Å². The van der Waals surface area contributed by atoms with Gasteiger partial charge in [0.25, 0.3) is 5.91 Å². The Morgan fingerprint density at radius 2 is 1.76 bits per heavy atom. The second kappa shape index (κ2) is 7.14. The molecule has 1 N–H and O–H groups in total. The Balaban J connectivity index is 2.01. The van der Waals surface area contributed by atoms with Crippen LogP contribution in [0.15, 0.2) is 48.5 Å². The van der Waals surface area contributed by atoms with Gasteiger partial charge in [-0.05, 0) is 55.8 Å². The van der Waals surface area contributed by atoms with Gasteiger partial charge in [0.1, 0.15) is 5.75 Å². The van der Waals surface area contributed by atoms with E-state index in [1.54, 1.807) is 24.3 Å². The van der Waals surface area contributed by atoms with E-state index in [1.807, 2.05) is 38.1 Å². The standard InChI is InChI=1S/C17H18ClNO2/c1-3-21-16-10-6-13(7-11-16)12(2)19-17(20)14-4-8-15(18)9-5-14/h4-12H,3H2,1-2H3,(H,19,20)/t12-/m0/s1. The molecule has 110 valence electrons. The molecular formula is C17H18ClNO2. The maximum Gasteiger partial charge on any atom is 0.251 e. The lowest BCUT2D eigenvalue weighted by atomic mass is 10.1. The summed E-state index contributed by atoms with van der Waals surface area (Å²) in [5, 5.41) is 3.58. The zero-order chi connectivity index (χ0) is 15.2. The van der Waals surface area contributed by atoms with E-state index in [2.05, 4.69) is 5.32 Å². The minimum atomic E-state index is -0.118. The van der Waals surface area contributed by atoms with E-state index in [9.17, 15) is 4.79 Å². The summed E-state index contributed by atoms with van der Waals surface area (Å²) in [6.07, 6.45) is 0. The minimum Gasteiger partial charge on any atom is -0.494 e. The van der Waals surface area contributed by atoms with Crippen molar-refractivity contribution in [2.45, 2.75) is 19.9 Å². The quantitative estimate of drug-likeness (QED) is 0.897. The lowest BCUT2D eigenvalue weighted by Crippen LogP contribution is -2.26. The topological polar surface area (TPSA) is 38.3 Å². The molecule has 3 nitrogen and oxygen atoms in total. The molecule has 0 aliphatic heterocycles. The average molecular weight is 304 g/mol. The van der Waals surface area contributed by atoms with Gasteiger partial charge in [0.05, 0.1) is 12.6 Å². The molecule has 0 heterocycles. The van der Waals surface area contributed by atoms with Crippen LogP contribution in [0.2, 0.25) is 5.02 Å². The van der Waals surface area contributed by atoms with E-state index >= 15 is 0 Å². The molecule has 0 bridgehead atoms. The minimum absolute atomic E-state index is 0.0798. The maximum atomic E-state index is 12.1. The highest BCUT2D eigenvalue weighted by Crippen LogP contribution is 2.18. The number of halogens is 1. The van der Waals surface area contributed by atoms with Gasteiger partial charge in [0.15, 0.2) is 0 Å². The first kappa shape index (κ1) is 15.4. The molecule has 21 heavy (non-hydrogen) atoms. The van der Waals surface area contributed by atoms with E-state index in [4.69, 9.17) is 16.3 Å². The number of hydrogen-bond donors (Lipinski definition) is 1. The summed E-state index contributed by atoms with van der Waals surface area (Å²) in [6, 6.07) is 14.5. The molecule has 2 rings (SSSR count). The predicted octanol–water partition coefficient (Wildman–Crippen LogP) is 4.23. The van der Waals surface area contributed by atoms with E-state index in [0.717, 1.165) is 11.3 Å². The van der Waals surface area contributed by atoms with Gasteiger partial charge >= 0.3 is 0 Å². The third-order valence-corrected chi connectivity index (χ3v) is 3.40. The number of hydrogen-bond acceptors (Lipinski definition) is 2. The van der Waals surface area contributed by atoms with Crippen LogP contribution in [0, 0.1) is 0 Å². The highest BCUT2D eigenvalue weighted by atomic mass is 35.5. The summed E-state index contributed by atoms with van der Waals surface area (Å²) >= 11 is 5.81. The van der Waals surface area contributed by atoms with Crippen molar-refractivity contribution in [3.63, 3.8) is 0 Å². The van der Waals surface area contributed by atoms with Crippen molar-refractivity contribution in [3.8, 4) is 5.75 Å². The lowest BCUT2D eigenvalue weighted by Gasteiger charge is -2.15. The molecule has 2 aromatic rings. The number of benzene rings is 2. The zero-order valence-electron chi connectivity index (χ0n) is 12.1. The van der Waals surface area contributed by atoms with E-state index in [1.165, 1.54) is 0 Å². The first-order valence-corrected chi connectivity index (χ1v) is 7.27. The van der Waals surface area contributed by atoms with Crippen molar-refractivity contribution in [3.05, 3.63) is 64.7 Å². The van der Waals surface area contributed by atoms with Crippen molar-refractivity contribution in [2.75, 3.05) is 6.61 Å². The second-order valence-electron chi connectivity index (χ2n) is 4.70. The first-order valence-electron chi connectivity index (χ1n) is 6.89. The Morgan fingerprint density at radius 1 is 1.14 bits per heavy atom. The monoisotopic (exact) mass is 303 g/mol. The summed E-state index contributed by atoms with van der Waals surface area (Å²) in [7, 11) is 0. The fraction of sp³-hybridized carbons (Fsp3) is 0.235. The fourth-order valence-electron chi connectivity index (χ4n) is 1.98. The normalized spacial score (nSPS) is 11.8. The molecule has 4 heteroatoms. The van der Waals surface area contributed by atoms with Gasteiger partial charge in [-0.3, -0.25) is 4.79 Å². The number of carbonyl (C=O) groups excluding carboxylic acids is 1. The maximum absolute atomic E-state index is 12.1. The molecular weight excluding hydrogens is 286 g/mol. The smallest absolute Gasteiger partial charge is 0.251 e. The molecule has 0 saturated heterocycles. The van der Waals surface area contributed by atoms with Gasteiger partial charge in [-0.1, -0.05) is 23.7 Å². The lowest BCUT2D eigenvalue weighted by molar-refractivity contribution is 0.0940. The Hall–Kier alpha value is -2.00. The fourth-order valence-corrected chi connectivity index (χ4v) is 2.11. The third kappa shape index (κ3) is 4.23. The molecule has 2 aromatic carbocycles. The summed E-state index contributed by atoms with van der Waals surface area (Å²) < 4.78 is 5.40. The zero-order valence-corrected chi connectivity index (χ0v) is 12.9. The number of ether oxygens (including phenoxy) is 1. The van der Waals surface area contributed by atoms with E-state index < -0.39 is 0 Å². The summed E-state index contributed by atoms with van der Waals surface area (Å²) in [5.41, 5.74) is 1.62. The molecule has 0 aromatic heterocycles. The average Bonchev–Trinajstić information content (AvgIpc) is 2.49. The molecule has 1 amide bonds. The van der Waals surface area contributed by atoms with Crippen LogP contribution in [0.25, 0.3) is 0 Å². The van der Waals surface area contributed by atoms with Crippen molar-refractivity contribution in [2.24, 2.45) is 0 Å². The molecule has 1 atom stereocenters. The van der Waals surface area contributed by atoms with Crippen LogP contribution in [0.5, 0.6) is 5.75 Å². The van der Waals surface area contributed by atoms with E-state index in [-0.39, 0.29) is 11.9 Å². The van der Waals surface area contributed by atoms with Crippen LogP contribution < -0.4 is 10.1 Å². The van der Waals surface area contributed by atoms with Crippen molar-refractivity contribution < 1.29 is 9.53 Å². The Labute approximate surface area is 129 Å². The van der Waals surface area contributed by atoms with Crippen LogP contribution >= 0.6 is 11.6 Å².